The Hall–Kier alpha value is -1.85. The van der Waals surface area contributed by atoms with Gasteiger partial charge >= 0.3 is 0 Å². The first-order chi connectivity index (χ1) is 10.2. The summed E-state index contributed by atoms with van der Waals surface area (Å²) >= 11 is 0. The van der Waals surface area contributed by atoms with E-state index in [0.717, 1.165) is 44.0 Å². The van der Waals surface area contributed by atoms with Crippen molar-refractivity contribution >= 4 is 17.7 Å². The smallest absolute Gasteiger partial charge is 0.224 e. The van der Waals surface area contributed by atoms with Crippen LogP contribution in [-0.4, -0.2) is 46.5 Å². The van der Waals surface area contributed by atoms with E-state index < -0.39 is 0 Å². The maximum atomic E-state index is 11.5. The SMILES string of the molecule is Cc1cc(NC2CC2)nc(NCCCN2CCCC2=O)n1. The summed E-state index contributed by atoms with van der Waals surface area (Å²) in [6.45, 7) is 4.50. The minimum atomic E-state index is 0.290. The topological polar surface area (TPSA) is 70.2 Å². The molecule has 0 bridgehead atoms. The maximum absolute atomic E-state index is 11.5. The molecule has 1 aliphatic heterocycles. The predicted octanol–water partition coefficient (Wildman–Crippen LogP) is 1.78. The monoisotopic (exact) mass is 289 g/mol. The third kappa shape index (κ3) is 4.06. The van der Waals surface area contributed by atoms with Crippen LogP contribution in [0.3, 0.4) is 0 Å². The highest BCUT2D eigenvalue weighted by molar-refractivity contribution is 5.77. The molecule has 0 unspecified atom stereocenters. The summed E-state index contributed by atoms with van der Waals surface area (Å²) in [4.78, 5) is 22.3. The van der Waals surface area contributed by atoms with Gasteiger partial charge in [-0.2, -0.15) is 4.98 Å². The van der Waals surface area contributed by atoms with Crippen LogP contribution in [0.25, 0.3) is 0 Å². The van der Waals surface area contributed by atoms with Crippen LogP contribution in [-0.2, 0) is 4.79 Å². The van der Waals surface area contributed by atoms with Crippen LogP contribution in [0.15, 0.2) is 6.07 Å². The van der Waals surface area contributed by atoms with Crippen molar-refractivity contribution in [2.75, 3.05) is 30.3 Å². The Labute approximate surface area is 125 Å². The van der Waals surface area contributed by atoms with Crippen molar-refractivity contribution < 1.29 is 4.79 Å². The lowest BCUT2D eigenvalue weighted by Gasteiger charge is -2.15. The number of hydrogen-bond donors (Lipinski definition) is 2. The number of amides is 1. The molecule has 1 amide bonds. The lowest BCUT2D eigenvalue weighted by Crippen LogP contribution is -2.27. The fraction of sp³-hybridized carbons (Fsp3) is 0.667. The second-order valence-corrected chi connectivity index (χ2v) is 5.90. The molecular formula is C15H23N5O. The lowest BCUT2D eigenvalue weighted by molar-refractivity contribution is -0.127. The number of aromatic nitrogens is 2. The van der Waals surface area contributed by atoms with Gasteiger partial charge in [-0.1, -0.05) is 0 Å². The molecule has 1 aliphatic carbocycles. The molecule has 6 heteroatoms. The van der Waals surface area contributed by atoms with E-state index >= 15 is 0 Å². The standard InChI is InChI=1S/C15H23N5O/c1-11-10-13(18-12-5-6-12)19-15(17-11)16-7-3-9-20-8-2-4-14(20)21/h10,12H,2-9H2,1H3,(H2,16,17,18,19). The number of aryl methyl sites for hydroxylation is 1. The van der Waals surface area contributed by atoms with Gasteiger partial charge in [-0.15, -0.1) is 0 Å². The summed E-state index contributed by atoms with van der Waals surface area (Å²) in [5.41, 5.74) is 0.963. The second kappa shape index (κ2) is 6.28. The van der Waals surface area contributed by atoms with Gasteiger partial charge in [-0.3, -0.25) is 4.79 Å². The number of nitrogens with one attached hydrogen (secondary N) is 2. The van der Waals surface area contributed by atoms with Crippen LogP contribution in [0.2, 0.25) is 0 Å². The summed E-state index contributed by atoms with van der Waals surface area (Å²) in [5, 5.41) is 6.65. The van der Waals surface area contributed by atoms with Gasteiger partial charge in [0.1, 0.15) is 5.82 Å². The van der Waals surface area contributed by atoms with E-state index in [2.05, 4.69) is 20.6 Å². The van der Waals surface area contributed by atoms with Crippen molar-refractivity contribution in [1.82, 2.24) is 14.9 Å². The summed E-state index contributed by atoms with van der Waals surface area (Å²) in [6, 6.07) is 2.57. The summed E-state index contributed by atoms with van der Waals surface area (Å²) in [6.07, 6.45) is 5.11. The molecule has 0 radical (unpaired) electrons. The van der Waals surface area contributed by atoms with Crippen molar-refractivity contribution in [2.24, 2.45) is 0 Å². The van der Waals surface area contributed by atoms with E-state index in [4.69, 9.17) is 0 Å². The zero-order chi connectivity index (χ0) is 14.7. The van der Waals surface area contributed by atoms with Gasteiger partial charge in [0.25, 0.3) is 0 Å². The number of likely N-dealkylation sites (tertiary alicyclic amines) is 1. The number of nitrogens with zero attached hydrogens (tertiary/aromatic N) is 3. The van der Waals surface area contributed by atoms with E-state index in [0.29, 0.717) is 18.4 Å². The maximum Gasteiger partial charge on any atom is 0.224 e. The van der Waals surface area contributed by atoms with Crippen molar-refractivity contribution in [1.29, 1.82) is 0 Å². The molecular weight excluding hydrogens is 266 g/mol. The molecule has 1 saturated heterocycles. The number of anilines is 2. The first-order valence-corrected chi connectivity index (χ1v) is 7.84. The minimum Gasteiger partial charge on any atom is -0.367 e. The fourth-order valence-corrected chi connectivity index (χ4v) is 2.57. The van der Waals surface area contributed by atoms with Crippen LogP contribution in [0.5, 0.6) is 0 Å². The Morgan fingerprint density at radius 1 is 1.38 bits per heavy atom. The van der Waals surface area contributed by atoms with Crippen LogP contribution in [0, 0.1) is 6.92 Å². The summed E-state index contributed by atoms with van der Waals surface area (Å²) < 4.78 is 0. The summed E-state index contributed by atoms with van der Waals surface area (Å²) in [5.74, 6) is 1.87. The number of carbonyl (C=O) groups excluding carboxylic acids is 1. The average Bonchev–Trinajstić information content (AvgIpc) is 3.15. The van der Waals surface area contributed by atoms with Crippen molar-refractivity contribution in [3.05, 3.63) is 11.8 Å². The summed E-state index contributed by atoms with van der Waals surface area (Å²) in [7, 11) is 0. The number of rotatable bonds is 7. The highest BCUT2D eigenvalue weighted by Crippen LogP contribution is 2.24. The molecule has 1 aromatic heterocycles. The van der Waals surface area contributed by atoms with Crippen molar-refractivity contribution in [2.45, 2.75) is 45.1 Å². The van der Waals surface area contributed by atoms with Gasteiger partial charge in [-0.05, 0) is 32.6 Å². The first kappa shape index (κ1) is 14.1. The molecule has 1 saturated carbocycles. The Morgan fingerprint density at radius 2 is 2.24 bits per heavy atom. The third-order valence-corrected chi connectivity index (χ3v) is 3.84. The molecule has 114 valence electrons. The zero-order valence-corrected chi connectivity index (χ0v) is 12.6. The highest BCUT2D eigenvalue weighted by Gasteiger charge is 2.21. The molecule has 0 atom stereocenters. The van der Waals surface area contributed by atoms with Crippen LogP contribution in [0.1, 0.15) is 37.8 Å². The molecule has 6 nitrogen and oxygen atoms in total. The molecule has 1 aromatic rings. The number of carbonyl (C=O) groups is 1. The van der Waals surface area contributed by atoms with Crippen molar-refractivity contribution in [3.63, 3.8) is 0 Å². The van der Waals surface area contributed by atoms with Crippen molar-refractivity contribution in [3.8, 4) is 0 Å². The molecule has 3 rings (SSSR count). The van der Waals surface area contributed by atoms with Gasteiger partial charge in [0.15, 0.2) is 0 Å². The van der Waals surface area contributed by atoms with Crippen LogP contribution < -0.4 is 10.6 Å². The molecule has 21 heavy (non-hydrogen) atoms. The molecule has 2 aliphatic rings. The zero-order valence-electron chi connectivity index (χ0n) is 12.6. The van der Waals surface area contributed by atoms with E-state index in [9.17, 15) is 4.79 Å². The largest absolute Gasteiger partial charge is 0.367 e. The molecule has 0 aromatic carbocycles. The van der Waals surface area contributed by atoms with E-state index in [-0.39, 0.29) is 5.91 Å². The normalized spacial score (nSPS) is 18.1. The third-order valence-electron chi connectivity index (χ3n) is 3.84. The van der Waals surface area contributed by atoms with Gasteiger partial charge < -0.3 is 15.5 Å². The average molecular weight is 289 g/mol. The second-order valence-electron chi connectivity index (χ2n) is 5.90. The minimum absolute atomic E-state index is 0.290. The highest BCUT2D eigenvalue weighted by atomic mass is 16.2. The molecule has 2 heterocycles. The molecule has 2 N–H and O–H groups in total. The van der Waals surface area contributed by atoms with Gasteiger partial charge in [0.2, 0.25) is 11.9 Å². The fourth-order valence-electron chi connectivity index (χ4n) is 2.57. The number of hydrogen-bond acceptors (Lipinski definition) is 5. The Morgan fingerprint density at radius 3 is 2.95 bits per heavy atom. The van der Waals surface area contributed by atoms with E-state index in [1.165, 1.54) is 12.8 Å². The Bertz CT molecular complexity index is 515. The van der Waals surface area contributed by atoms with Gasteiger partial charge in [-0.25, -0.2) is 4.98 Å². The predicted molar refractivity (Wildman–Crippen MR) is 82.3 cm³/mol. The van der Waals surface area contributed by atoms with Crippen LogP contribution in [0.4, 0.5) is 11.8 Å². The molecule has 0 spiro atoms. The van der Waals surface area contributed by atoms with Crippen LogP contribution >= 0.6 is 0 Å². The van der Waals surface area contributed by atoms with E-state index in [1.54, 1.807) is 0 Å². The lowest BCUT2D eigenvalue weighted by atomic mass is 10.4. The Kier molecular flexibility index (Phi) is 4.22. The first-order valence-electron chi connectivity index (χ1n) is 7.84. The van der Waals surface area contributed by atoms with E-state index in [1.807, 2.05) is 17.9 Å². The Balaban J connectivity index is 1.45. The quantitative estimate of drug-likeness (QED) is 0.749. The molecule has 2 fully saturated rings. The van der Waals surface area contributed by atoms with Gasteiger partial charge in [0, 0.05) is 43.9 Å². The van der Waals surface area contributed by atoms with Gasteiger partial charge in [0.05, 0.1) is 0 Å².